The van der Waals surface area contributed by atoms with Crippen LogP contribution in [0, 0.1) is 0 Å². The molecular formula is C27H21Br2ClN2O5S. The summed E-state index contributed by atoms with van der Waals surface area (Å²) in [5.41, 5.74) is 2.11. The zero-order chi connectivity index (χ0) is 27.2. The molecule has 196 valence electrons. The number of hydrogen-bond donors (Lipinski definition) is 1. The van der Waals surface area contributed by atoms with Gasteiger partial charge in [-0.25, -0.2) is 0 Å². The molecule has 1 saturated heterocycles. The second-order valence-electron chi connectivity index (χ2n) is 7.97. The van der Waals surface area contributed by atoms with Crippen LogP contribution in [0.2, 0.25) is 5.02 Å². The summed E-state index contributed by atoms with van der Waals surface area (Å²) < 4.78 is 13.1. The number of amides is 3. The summed E-state index contributed by atoms with van der Waals surface area (Å²) in [6, 6.07) is 17.9. The number of nitrogens with one attached hydrogen (secondary N) is 1. The molecule has 1 aliphatic rings. The van der Waals surface area contributed by atoms with Crippen LogP contribution in [0.15, 0.2) is 74.5 Å². The Balaban J connectivity index is 1.49. The smallest absolute Gasteiger partial charge is 0.294 e. The third kappa shape index (κ3) is 6.99. The maximum Gasteiger partial charge on any atom is 0.294 e. The van der Waals surface area contributed by atoms with Gasteiger partial charge in [0.05, 0.1) is 21.7 Å². The first kappa shape index (κ1) is 28.2. The van der Waals surface area contributed by atoms with Crippen LogP contribution in [0.25, 0.3) is 6.08 Å². The Morgan fingerprint density at radius 1 is 1.05 bits per heavy atom. The second-order valence-corrected chi connectivity index (χ2v) is 11.1. The molecule has 0 atom stereocenters. The SMILES string of the molecule is CCOc1cc(/C=C2/SC(=O)N(CC(=O)Nc3ccccc3Br)C2=O)cc(Br)c1OCc1ccc(Cl)cc1. The van der Waals surface area contributed by atoms with Crippen molar-refractivity contribution in [1.82, 2.24) is 4.90 Å². The maximum absolute atomic E-state index is 13.0. The van der Waals surface area contributed by atoms with Crippen molar-refractivity contribution in [2.75, 3.05) is 18.5 Å². The molecule has 0 spiro atoms. The number of rotatable bonds is 9. The number of carbonyl (C=O) groups is 3. The van der Waals surface area contributed by atoms with Gasteiger partial charge in [0, 0.05) is 9.50 Å². The molecule has 1 aliphatic heterocycles. The van der Waals surface area contributed by atoms with Crippen LogP contribution in [-0.4, -0.2) is 35.1 Å². The Hall–Kier alpha value is -2.79. The molecule has 4 rings (SSSR count). The fourth-order valence-corrected chi connectivity index (χ4v) is 5.42. The molecule has 7 nitrogen and oxygen atoms in total. The van der Waals surface area contributed by atoms with Gasteiger partial charge < -0.3 is 14.8 Å². The highest BCUT2D eigenvalue weighted by molar-refractivity contribution is 9.11. The Morgan fingerprint density at radius 2 is 1.79 bits per heavy atom. The van der Waals surface area contributed by atoms with Gasteiger partial charge in [-0.1, -0.05) is 35.9 Å². The summed E-state index contributed by atoms with van der Waals surface area (Å²) in [5.74, 6) is -0.0339. The Morgan fingerprint density at radius 3 is 2.50 bits per heavy atom. The van der Waals surface area contributed by atoms with E-state index < -0.39 is 23.6 Å². The van der Waals surface area contributed by atoms with Crippen LogP contribution >= 0.6 is 55.2 Å². The number of para-hydroxylation sites is 1. The van der Waals surface area contributed by atoms with E-state index in [0.29, 0.717) is 49.9 Å². The van der Waals surface area contributed by atoms with E-state index in [-0.39, 0.29) is 4.91 Å². The number of ether oxygens (including phenoxy) is 2. The quantitative estimate of drug-likeness (QED) is 0.236. The van der Waals surface area contributed by atoms with Gasteiger partial charge in [-0.15, -0.1) is 0 Å². The highest BCUT2D eigenvalue weighted by Crippen LogP contribution is 2.40. The van der Waals surface area contributed by atoms with Gasteiger partial charge in [-0.3, -0.25) is 19.3 Å². The average molecular weight is 681 g/mol. The molecule has 1 N–H and O–H groups in total. The first-order chi connectivity index (χ1) is 18.2. The van der Waals surface area contributed by atoms with Crippen molar-refractivity contribution < 1.29 is 23.9 Å². The first-order valence-corrected chi connectivity index (χ1v) is 14.2. The lowest BCUT2D eigenvalue weighted by molar-refractivity contribution is -0.127. The number of hydrogen-bond acceptors (Lipinski definition) is 6. The van der Waals surface area contributed by atoms with Gasteiger partial charge in [0.1, 0.15) is 13.2 Å². The minimum Gasteiger partial charge on any atom is -0.490 e. The Bertz CT molecular complexity index is 1420. The fourth-order valence-electron chi connectivity index (χ4n) is 3.49. The highest BCUT2D eigenvalue weighted by atomic mass is 79.9. The number of nitrogens with zero attached hydrogens (tertiary/aromatic N) is 1. The molecule has 3 amide bonds. The maximum atomic E-state index is 13.0. The van der Waals surface area contributed by atoms with Crippen LogP contribution in [-0.2, 0) is 16.2 Å². The molecule has 0 unspecified atom stereocenters. The van der Waals surface area contributed by atoms with E-state index in [1.54, 1.807) is 48.5 Å². The van der Waals surface area contributed by atoms with Gasteiger partial charge in [0.15, 0.2) is 11.5 Å². The van der Waals surface area contributed by atoms with Crippen molar-refractivity contribution in [3.8, 4) is 11.5 Å². The molecule has 3 aromatic carbocycles. The molecule has 0 aliphatic carbocycles. The van der Waals surface area contributed by atoms with Crippen LogP contribution in [0.1, 0.15) is 18.1 Å². The molecular weight excluding hydrogens is 660 g/mol. The van der Waals surface area contributed by atoms with Crippen molar-refractivity contribution in [1.29, 1.82) is 0 Å². The van der Waals surface area contributed by atoms with Gasteiger partial charge in [-0.05, 0) is 104 Å². The van der Waals surface area contributed by atoms with Gasteiger partial charge in [0.25, 0.3) is 11.1 Å². The van der Waals surface area contributed by atoms with E-state index in [0.717, 1.165) is 22.2 Å². The summed E-state index contributed by atoms with van der Waals surface area (Å²) in [6.07, 6.45) is 1.59. The van der Waals surface area contributed by atoms with Gasteiger partial charge in [0.2, 0.25) is 5.91 Å². The summed E-state index contributed by atoms with van der Waals surface area (Å²) >= 11 is 13.6. The van der Waals surface area contributed by atoms with Gasteiger partial charge >= 0.3 is 0 Å². The van der Waals surface area contributed by atoms with Crippen molar-refractivity contribution in [3.63, 3.8) is 0 Å². The van der Waals surface area contributed by atoms with E-state index in [2.05, 4.69) is 37.2 Å². The number of halogens is 3. The molecule has 38 heavy (non-hydrogen) atoms. The third-order valence-electron chi connectivity index (χ3n) is 5.25. The van der Waals surface area contributed by atoms with Crippen molar-refractivity contribution >= 4 is 84.0 Å². The fraction of sp³-hybridized carbons (Fsp3) is 0.148. The summed E-state index contributed by atoms with van der Waals surface area (Å²) in [5, 5.41) is 2.82. The topological polar surface area (TPSA) is 84.9 Å². The molecule has 3 aromatic rings. The van der Waals surface area contributed by atoms with E-state index in [1.807, 2.05) is 25.1 Å². The summed E-state index contributed by atoms with van der Waals surface area (Å²) in [6.45, 7) is 2.16. The number of imide groups is 1. The molecule has 11 heteroatoms. The first-order valence-electron chi connectivity index (χ1n) is 11.4. The van der Waals surface area contributed by atoms with Crippen molar-refractivity contribution in [2.24, 2.45) is 0 Å². The largest absolute Gasteiger partial charge is 0.490 e. The van der Waals surface area contributed by atoms with Crippen LogP contribution in [0.3, 0.4) is 0 Å². The second kappa shape index (κ2) is 12.8. The summed E-state index contributed by atoms with van der Waals surface area (Å²) in [7, 11) is 0. The Kier molecular flexibility index (Phi) is 9.54. The van der Waals surface area contributed by atoms with Crippen LogP contribution in [0.5, 0.6) is 11.5 Å². The van der Waals surface area contributed by atoms with E-state index in [9.17, 15) is 14.4 Å². The lowest BCUT2D eigenvalue weighted by atomic mass is 10.1. The average Bonchev–Trinajstić information content (AvgIpc) is 3.13. The molecule has 1 fully saturated rings. The molecule has 0 aromatic heterocycles. The van der Waals surface area contributed by atoms with Crippen molar-refractivity contribution in [2.45, 2.75) is 13.5 Å². The molecule has 0 bridgehead atoms. The minimum atomic E-state index is -0.542. The lowest BCUT2D eigenvalue weighted by Crippen LogP contribution is -2.36. The Labute approximate surface area is 245 Å². The van der Waals surface area contributed by atoms with Gasteiger partial charge in [-0.2, -0.15) is 0 Å². The summed E-state index contributed by atoms with van der Waals surface area (Å²) in [4.78, 5) is 39.1. The normalized spacial score (nSPS) is 14.2. The van der Waals surface area contributed by atoms with Crippen LogP contribution in [0.4, 0.5) is 10.5 Å². The molecule has 1 heterocycles. The highest BCUT2D eigenvalue weighted by Gasteiger charge is 2.36. The number of thioether (sulfide) groups is 1. The molecule has 0 saturated carbocycles. The van der Waals surface area contributed by atoms with E-state index in [4.69, 9.17) is 21.1 Å². The van der Waals surface area contributed by atoms with E-state index in [1.165, 1.54) is 0 Å². The number of benzene rings is 3. The minimum absolute atomic E-state index is 0.202. The van der Waals surface area contributed by atoms with Crippen LogP contribution < -0.4 is 14.8 Å². The van der Waals surface area contributed by atoms with Crippen molar-refractivity contribution in [3.05, 3.63) is 90.7 Å². The zero-order valence-corrected chi connectivity index (χ0v) is 24.7. The third-order valence-corrected chi connectivity index (χ3v) is 7.69. The lowest BCUT2D eigenvalue weighted by Gasteiger charge is -2.15. The number of anilines is 1. The predicted octanol–water partition coefficient (Wildman–Crippen LogP) is 7.52. The predicted molar refractivity (Wildman–Crippen MR) is 157 cm³/mol. The monoisotopic (exact) mass is 678 g/mol. The number of carbonyl (C=O) groups excluding carboxylic acids is 3. The standard InChI is InChI=1S/C27H21Br2ClN2O5S/c1-2-36-22-12-17(11-20(29)25(22)37-15-16-7-9-18(30)10-8-16)13-23-26(34)32(27(35)38-23)14-24(33)31-21-6-4-3-5-19(21)28/h3-13H,2,14-15H2,1H3,(H,31,33)/b23-13+. The molecule has 0 radical (unpaired) electrons. The van der Waals surface area contributed by atoms with E-state index >= 15 is 0 Å². The zero-order valence-electron chi connectivity index (χ0n) is 20.0.